The van der Waals surface area contributed by atoms with Gasteiger partial charge in [-0.3, -0.25) is 9.59 Å². The second-order valence-electron chi connectivity index (χ2n) is 5.92. The fourth-order valence-electron chi connectivity index (χ4n) is 2.75. The molecule has 2 N–H and O–H groups in total. The Labute approximate surface area is 146 Å². The van der Waals surface area contributed by atoms with Crippen molar-refractivity contribution in [1.82, 2.24) is 15.2 Å². The first kappa shape index (κ1) is 18.9. The van der Waals surface area contributed by atoms with Crippen LogP contribution >= 0.6 is 0 Å². The van der Waals surface area contributed by atoms with Crippen LogP contribution in [0.5, 0.6) is 0 Å². The molecule has 1 aromatic rings. The van der Waals surface area contributed by atoms with Gasteiger partial charge in [-0.1, -0.05) is 6.07 Å². The number of carboxylic acids is 1. The summed E-state index contributed by atoms with van der Waals surface area (Å²) >= 11 is 0. The smallest absolute Gasteiger partial charge is 0.354 e. The van der Waals surface area contributed by atoms with Crippen LogP contribution in [0.4, 0.5) is 0 Å². The van der Waals surface area contributed by atoms with Crippen LogP contribution in [0.2, 0.25) is 0 Å². The molecule has 1 fully saturated rings. The lowest BCUT2D eigenvalue weighted by Crippen LogP contribution is -2.43. The Morgan fingerprint density at radius 1 is 1.28 bits per heavy atom. The van der Waals surface area contributed by atoms with Crippen molar-refractivity contribution in [3.8, 4) is 0 Å². The Hall–Kier alpha value is -2.48. The van der Waals surface area contributed by atoms with Crippen LogP contribution in [0, 0.1) is 5.92 Å². The van der Waals surface area contributed by atoms with Gasteiger partial charge in [-0.15, -0.1) is 0 Å². The van der Waals surface area contributed by atoms with E-state index in [-0.39, 0.29) is 29.1 Å². The molecule has 1 aliphatic rings. The molecular formula is C17H23N3O5. The molecule has 0 spiro atoms. The second-order valence-corrected chi connectivity index (χ2v) is 5.92. The van der Waals surface area contributed by atoms with Crippen molar-refractivity contribution in [1.29, 1.82) is 0 Å². The van der Waals surface area contributed by atoms with E-state index in [0.717, 1.165) is 6.42 Å². The number of carbonyl (C=O) groups excluding carboxylic acids is 2. The van der Waals surface area contributed by atoms with Gasteiger partial charge < -0.3 is 20.1 Å². The minimum Gasteiger partial charge on any atom is -0.477 e. The zero-order chi connectivity index (χ0) is 18.2. The number of piperidine rings is 1. The van der Waals surface area contributed by atoms with Crippen LogP contribution in [-0.4, -0.2) is 66.1 Å². The molecule has 8 nitrogen and oxygen atoms in total. The quantitative estimate of drug-likeness (QED) is 0.704. The number of hydrogen-bond donors (Lipinski definition) is 2. The molecule has 1 aliphatic heterocycles. The second kappa shape index (κ2) is 9.12. The van der Waals surface area contributed by atoms with E-state index in [4.69, 9.17) is 9.84 Å². The highest BCUT2D eigenvalue weighted by atomic mass is 16.5. The highest BCUT2D eigenvalue weighted by Crippen LogP contribution is 2.19. The number of hydrogen-bond acceptors (Lipinski definition) is 5. The number of rotatable bonds is 7. The van der Waals surface area contributed by atoms with Gasteiger partial charge in [0.25, 0.3) is 5.91 Å². The third kappa shape index (κ3) is 5.25. The first-order valence-corrected chi connectivity index (χ1v) is 8.29. The molecule has 136 valence electrons. The van der Waals surface area contributed by atoms with Crippen molar-refractivity contribution in [3.63, 3.8) is 0 Å². The van der Waals surface area contributed by atoms with Gasteiger partial charge in [-0.2, -0.15) is 0 Å². The van der Waals surface area contributed by atoms with Crippen LogP contribution < -0.4 is 5.32 Å². The average Bonchev–Trinajstić information content (AvgIpc) is 2.64. The van der Waals surface area contributed by atoms with Crippen LogP contribution in [0.15, 0.2) is 18.2 Å². The molecule has 0 aliphatic carbocycles. The van der Waals surface area contributed by atoms with E-state index in [0.29, 0.717) is 39.1 Å². The molecule has 2 rings (SSSR count). The number of ether oxygens (including phenoxy) is 1. The van der Waals surface area contributed by atoms with Crippen molar-refractivity contribution in [2.45, 2.75) is 19.3 Å². The lowest BCUT2D eigenvalue weighted by atomic mass is 9.95. The maximum atomic E-state index is 12.5. The first-order chi connectivity index (χ1) is 12.0. The Morgan fingerprint density at radius 2 is 1.96 bits per heavy atom. The minimum absolute atomic E-state index is 0.00852. The van der Waals surface area contributed by atoms with Gasteiger partial charge in [0.15, 0.2) is 0 Å². The lowest BCUT2D eigenvalue weighted by Gasteiger charge is -2.31. The molecule has 2 amide bonds. The third-order valence-electron chi connectivity index (χ3n) is 4.16. The summed E-state index contributed by atoms with van der Waals surface area (Å²) in [5, 5.41) is 11.8. The lowest BCUT2D eigenvalue weighted by molar-refractivity contribution is -0.126. The van der Waals surface area contributed by atoms with E-state index < -0.39 is 5.97 Å². The topological polar surface area (TPSA) is 109 Å². The Morgan fingerprint density at radius 3 is 2.60 bits per heavy atom. The van der Waals surface area contributed by atoms with E-state index in [1.54, 1.807) is 12.0 Å². The van der Waals surface area contributed by atoms with Crippen molar-refractivity contribution in [3.05, 3.63) is 29.6 Å². The number of likely N-dealkylation sites (tertiary alicyclic amines) is 1. The van der Waals surface area contributed by atoms with Crippen molar-refractivity contribution in [2.75, 3.05) is 33.4 Å². The van der Waals surface area contributed by atoms with E-state index in [1.165, 1.54) is 18.2 Å². The molecule has 1 saturated heterocycles. The Bertz CT molecular complexity index is 626. The normalized spacial score (nSPS) is 15.0. The van der Waals surface area contributed by atoms with Crippen LogP contribution in [-0.2, 0) is 9.53 Å². The van der Waals surface area contributed by atoms with E-state index in [2.05, 4.69) is 10.3 Å². The zero-order valence-corrected chi connectivity index (χ0v) is 14.2. The maximum Gasteiger partial charge on any atom is 0.354 e. The molecule has 0 bridgehead atoms. The monoisotopic (exact) mass is 349 g/mol. The molecular weight excluding hydrogens is 326 g/mol. The number of aromatic carboxylic acids is 1. The summed E-state index contributed by atoms with van der Waals surface area (Å²) in [7, 11) is 1.62. The number of nitrogens with zero attached hydrogens (tertiary/aromatic N) is 2. The molecule has 2 heterocycles. The van der Waals surface area contributed by atoms with Gasteiger partial charge >= 0.3 is 5.97 Å². The first-order valence-electron chi connectivity index (χ1n) is 8.29. The molecule has 0 saturated carbocycles. The predicted molar refractivity (Wildman–Crippen MR) is 89.3 cm³/mol. The molecule has 25 heavy (non-hydrogen) atoms. The largest absolute Gasteiger partial charge is 0.477 e. The summed E-state index contributed by atoms with van der Waals surface area (Å²) < 4.78 is 4.94. The zero-order valence-electron chi connectivity index (χ0n) is 14.2. The number of aromatic nitrogens is 1. The molecule has 1 aromatic heterocycles. The van der Waals surface area contributed by atoms with Crippen LogP contribution in [0.25, 0.3) is 0 Å². The van der Waals surface area contributed by atoms with Crippen molar-refractivity contribution in [2.24, 2.45) is 5.92 Å². The number of carboxylic acid groups (broad SMARTS) is 1. The van der Waals surface area contributed by atoms with E-state index in [9.17, 15) is 14.4 Å². The van der Waals surface area contributed by atoms with Gasteiger partial charge in [-0.05, 0) is 31.4 Å². The maximum absolute atomic E-state index is 12.5. The van der Waals surface area contributed by atoms with Gasteiger partial charge in [0.1, 0.15) is 11.4 Å². The molecule has 0 aromatic carbocycles. The molecule has 0 unspecified atom stereocenters. The summed E-state index contributed by atoms with van der Waals surface area (Å²) in [6.07, 6.45) is 1.94. The summed E-state index contributed by atoms with van der Waals surface area (Å²) in [5.74, 6) is -1.57. The molecule has 0 radical (unpaired) electrons. The van der Waals surface area contributed by atoms with Crippen LogP contribution in [0.3, 0.4) is 0 Å². The van der Waals surface area contributed by atoms with Gasteiger partial charge in [0.05, 0.1) is 0 Å². The van der Waals surface area contributed by atoms with Crippen LogP contribution in [0.1, 0.15) is 40.2 Å². The summed E-state index contributed by atoms with van der Waals surface area (Å²) in [5.41, 5.74) is -0.0430. The number of carbonyl (C=O) groups is 3. The summed E-state index contributed by atoms with van der Waals surface area (Å²) in [6, 6.07) is 4.35. The van der Waals surface area contributed by atoms with E-state index in [1.807, 2.05) is 0 Å². The van der Waals surface area contributed by atoms with E-state index >= 15 is 0 Å². The number of amides is 2. The standard InChI is InChI=1S/C17H23N3O5/c1-25-11-3-8-18-15(21)12-6-9-20(10-7-12)16(22)13-4-2-5-14(19-13)17(23)24/h2,4-5,12H,3,6-11H2,1H3,(H,18,21)(H,23,24). The summed E-state index contributed by atoms with van der Waals surface area (Å²) in [4.78, 5) is 41.0. The number of nitrogens with one attached hydrogen (secondary N) is 1. The number of pyridine rings is 1. The fourth-order valence-corrected chi connectivity index (χ4v) is 2.75. The average molecular weight is 349 g/mol. The number of methoxy groups -OCH3 is 1. The molecule has 8 heteroatoms. The van der Waals surface area contributed by atoms with Crippen molar-refractivity contribution < 1.29 is 24.2 Å². The Balaban J connectivity index is 1.85. The van der Waals surface area contributed by atoms with Gasteiger partial charge in [-0.25, -0.2) is 9.78 Å². The highest BCUT2D eigenvalue weighted by Gasteiger charge is 2.28. The highest BCUT2D eigenvalue weighted by molar-refractivity contribution is 5.94. The van der Waals surface area contributed by atoms with Gasteiger partial charge in [0, 0.05) is 39.3 Å². The minimum atomic E-state index is -1.17. The predicted octanol–water partition coefficient (Wildman–Crippen LogP) is 0.785. The third-order valence-corrected chi connectivity index (χ3v) is 4.16. The Kier molecular flexibility index (Phi) is 6.88. The van der Waals surface area contributed by atoms with Crippen molar-refractivity contribution >= 4 is 17.8 Å². The van der Waals surface area contributed by atoms with Gasteiger partial charge in [0.2, 0.25) is 5.91 Å². The fraction of sp³-hybridized carbons (Fsp3) is 0.529. The summed E-state index contributed by atoms with van der Waals surface area (Å²) in [6.45, 7) is 2.09. The molecule has 0 atom stereocenters. The SMILES string of the molecule is COCCCNC(=O)C1CCN(C(=O)c2cccc(C(=O)O)n2)CC1.